The summed E-state index contributed by atoms with van der Waals surface area (Å²) in [4.78, 5) is 6.66. The van der Waals surface area contributed by atoms with Crippen molar-refractivity contribution in [3.05, 3.63) is 18.2 Å². The molecule has 1 aliphatic rings. The van der Waals surface area contributed by atoms with E-state index in [0.717, 1.165) is 39.3 Å². The quantitative estimate of drug-likeness (QED) is 0.800. The Hall–Kier alpha value is -0.910. The Kier molecular flexibility index (Phi) is 4.53. The molecule has 2 heterocycles. The standard InChI is InChI=1S/C12H22N4O/c1-11(9-15-4-6-17-7-5-15)16-10-14-8-12(16)2-3-13/h8,10-11H,2-7,9,13H2,1H3. The summed E-state index contributed by atoms with van der Waals surface area (Å²) in [7, 11) is 0. The molecule has 0 spiro atoms. The Balaban J connectivity index is 1.93. The summed E-state index contributed by atoms with van der Waals surface area (Å²) in [5.41, 5.74) is 6.83. The molecule has 96 valence electrons. The summed E-state index contributed by atoms with van der Waals surface area (Å²) in [6.07, 6.45) is 4.73. The molecule has 0 bridgehead atoms. The van der Waals surface area contributed by atoms with Crippen LogP contribution in [0.2, 0.25) is 0 Å². The first-order chi connectivity index (χ1) is 8.31. The van der Waals surface area contributed by atoms with Crippen molar-refractivity contribution < 1.29 is 4.74 Å². The van der Waals surface area contributed by atoms with Crippen LogP contribution in [0.25, 0.3) is 0 Å². The minimum atomic E-state index is 0.442. The molecule has 1 aromatic rings. The predicted molar refractivity (Wildman–Crippen MR) is 67.0 cm³/mol. The molecule has 1 unspecified atom stereocenters. The van der Waals surface area contributed by atoms with Gasteiger partial charge in [0.05, 0.1) is 19.5 Å². The van der Waals surface area contributed by atoms with Crippen LogP contribution in [0.4, 0.5) is 0 Å². The molecule has 1 aromatic heterocycles. The first kappa shape index (κ1) is 12.5. The van der Waals surface area contributed by atoms with E-state index in [2.05, 4.69) is 21.4 Å². The second kappa shape index (κ2) is 6.14. The molecule has 0 aromatic carbocycles. The zero-order valence-corrected chi connectivity index (χ0v) is 10.5. The molecular formula is C12H22N4O. The molecule has 0 saturated carbocycles. The van der Waals surface area contributed by atoms with Crippen molar-refractivity contribution in [3.8, 4) is 0 Å². The average molecular weight is 238 g/mol. The van der Waals surface area contributed by atoms with Gasteiger partial charge in [-0.05, 0) is 13.5 Å². The van der Waals surface area contributed by atoms with E-state index in [9.17, 15) is 0 Å². The molecule has 0 aliphatic carbocycles. The third-order valence-electron chi connectivity index (χ3n) is 3.25. The number of ether oxygens (including phenoxy) is 1. The van der Waals surface area contributed by atoms with Crippen LogP contribution in [0.3, 0.4) is 0 Å². The zero-order chi connectivity index (χ0) is 12.1. The summed E-state index contributed by atoms with van der Waals surface area (Å²) >= 11 is 0. The third-order valence-corrected chi connectivity index (χ3v) is 3.25. The van der Waals surface area contributed by atoms with Crippen molar-refractivity contribution in [2.24, 2.45) is 5.73 Å². The third kappa shape index (κ3) is 3.28. The molecule has 1 atom stereocenters. The highest BCUT2D eigenvalue weighted by molar-refractivity contribution is 5.01. The van der Waals surface area contributed by atoms with Gasteiger partial charge in [-0.15, -0.1) is 0 Å². The Bertz CT molecular complexity index is 333. The number of nitrogens with two attached hydrogens (primary N) is 1. The van der Waals surface area contributed by atoms with Crippen LogP contribution in [0.5, 0.6) is 0 Å². The lowest BCUT2D eigenvalue weighted by molar-refractivity contribution is 0.0324. The topological polar surface area (TPSA) is 56.3 Å². The summed E-state index contributed by atoms with van der Waals surface area (Å²) in [5, 5.41) is 0. The van der Waals surface area contributed by atoms with Gasteiger partial charge in [0.15, 0.2) is 0 Å². The lowest BCUT2D eigenvalue weighted by atomic mass is 10.2. The number of rotatable bonds is 5. The molecule has 5 nitrogen and oxygen atoms in total. The van der Waals surface area contributed by atoms with Gasteiger partial charge in [-0.3, -0.25) is 4.90 Å². The summed E-state index contributed by atoms with van der Waals surface area (Å²) in [5.74, 6) is 0. The number of hydrogen-bond donors (Lipinski definition) is 1. The van der Waals surface area contributed by atoms with Crippen LogP contribution >= 0.6 is 0 Å². The SMILES string of the molecule is CC(CN1CCOCC1)n1cncc1CCN. The maximum absolute atomic E-state index is 5.60. The Morgan fingerprint density at radius 1 is 1.47 bits per heavy atom. The lowest BCUT2D eigenvalue weighted by Crippen LogP contribution is -2.39. The van der Waals surface area contributed by atoms with Gasteiger partial charge in [0, 0.05) is 44.0 Å². The van der Waals surface area contributed by atoms with Crippen LogP contribution in [0.1, 0.15) is 18.7 Å². The first-order valence-corrected chi connectivity index (χ1v) is 6.32. The Morgan fingerprint density at radius 2 is 2.24 bits per heavy atom. The molecule has 2 N–H and O–H groups in total. The highest BCUT2D eigenvalue weighted by atomic mass is 16.5. The smallest absolute Gasteiger partial charge is 0.0951 e. The van der Waals surface area contributed by atoms with E-state index in [-0.39, 0.29) is 0 Å². The molecule has 17 heavy (non-hydrogen) atoms. The molecule has 1 saturated heterocycles. The minimum absolute atomic E-state index is 0.442. The van der Waals surface area contributed by atoms with Crippen LogP contribution in [-0.4, -0.2) is 53.8 Å². The highest BCUT2D eigenvalue weighted by Gasteiger charge is 2.16. The number of imidazole rings is 1. The van der Waals surface area contributed by atoms with Gasteiger partial charge in [-0.2, -0.15) is 0 Å². The maximum atomic E-state index is 5.60. The lowest BCUT2D eigenvalue weighted by Gasteiger charge is -2.30. The van der Waals surface area contributed by atoms with E-state index < -0.39 is 0 Å². The number of hydrogen-bond acceptors (Lipinski definition) is 4. The molecule has 1 fully saturated rings. The number of nitrogens with zero attached hydrogens (tertiary/aromatic N) is 3. The molecule has 0 amide bonds. The summed E-state index contributed by atoms with van der Waals surface area (Å²) in [6, 6.07) is 0.442. The van der Waals surface area contributed by atoms with Crippen LogP contribution < -0.4 is 5.73 Å². The van der Waals surface area contributed by atoms with E-state index in [1.165, 1.54) is 5.69 Å². The van der Waals surface area contributed by atoms with Crippen molar-refractivity contribution in [2.45, 2.75) is 19.4 Å². The van der Waals surface area contributed by atoms with E-state index in [1.54, 1.807) is 0 Å². The van der Waals surface area contributed by atoms with Crippen LogP contribution in [0, 0.1) is 0 Å². The number of morpholine rings is 1. The first-order valence-electron chi connectivity index (χ1n) is 6.32. The number of aromatic nitrogens is 2. The average Bonchev–Trinajstić information content (AvgIpc) is 2.79. The second-order valence-electron chi connectivity index (χ2n) is 4.59. The van der Waals surface area contributed by atoms with Crippen molar-refractivity contribution in [3.63, 3.8) is 0 Å². The van der Waals surface area contributed by atoms with Crippen LogP contribution in [0.15, 0.2) is 12.5 Å². The van der Waals surface area contributed by atoms with Crippen molar-refractivity contribution in [1.82, 2.24) is 14.5 Å². The van der Waals surface area contributed by atoms with E-state index in [4.69, 9.17) is 10.5 Å². The minimum Gasteiger partial charge on any atom is -0.379 e. The fraction of sp³-hybridized carbons (Fsp3) is 0.750. The van der Waals surface area contributed by atoms with Gasteiger partial charge in [-0.1, -0.05) is 0 Å². The van der Waals surface area contributed by atoms with Crippen LogP contribution in [-0.2, 0) is 11.2 Å². The normalized spacial score (nSPS) is 19.4. The fourth-order valence-corrected chi connectivity index (χ4v) is 2.32. The van der Waals surface area contributed by atoms with Gasteiger partial charge in [-0.25, -0.2) is 4.98 Å². The van der Waals surface area contributed by atoms with E-state index in [1.807, 2.05) is 12.5 Å². The largest absolute Gasteiger partial charge is 0.379 e. The molecule has 2 rings (SSSR count). The van der Waals surface area contributed by atoms with Gasteiger partial charge < -0.3 is 15.0 Å². The van der Waals surface area contributed by atoms with E-state index in [0.29, 0.717) is 12.6 Å². The van der Waals surface area contributed by atoms with Gasteiger partial charge >= 0.3 is 0 Å². The van der Waals surface area contributed by atoms with Crippen molar-refractivity contribution in [2.75, 3.05) is 39.4 Å². The predicted octanol–water partition coefficient (Wildman–Crippen LogP) is 0.278. The fourth-order valence-electron chi connectivity index (χ4n) is 2.32. The molecule has 1 aliphatic heterocycles. The van der Waals surface area contributed by atoms with Crippen molar-refractivity contribution in [1.29, 1.82) is 0 Å². The van der Waals surface area contributed by atoms with Gasteiger partial charge in [0.1, 0.15) is 0 Å². The Morgan fingerprint density at radius 3 is 2.94 bits per heavy atom. The van der Waals surface area contributed by atoms with Gasteiger partial charge in [0.2, 0.25) is 0 Å². The van der Waals surface area contributed by atoms with Crippen molar-refractivity contribution >= 4 is 0 Å². The summed E-state index contributed by atoms with van der Waals surface area (Å²) < 4.78 is 7.60. The van der Waals surface area contributed by atoms with E-state index >= 15 is 0 Å². The molecular weight excluding hydrogens is 216 g/mol. The van der Waals surface area contributed by atoms with Gasteiger partial charge in [0.25, 0.3) is 0 Å². The molecule has 0 radical (unpaired) electrons. The zero-order valence-electron chi connectivity index (χ0n) is 10.5. The Labute approximate surface area is 103 Å². The molecule has 5 heteroatoms. The highest BCUT2D eigenvalue weighted by Crippen LogP contribution is 2.13. The monoisotopic (exact) mass is 238 g/mol. The maximum Gasteiger partial charge on any atom is 0.0951 e. The summed E-state index contributed by atoms with van der Waals surface area (Å²) in [6.45, 7) is 7.74. The second-order valence-corrected chi connectivity index (χ2v) is 4.59.